The normalized spacial score (nSPS) is 17.8. The highest BCUT2D eigenvalue weighted by molar-refractivity contribution is 5.59. The zero-order valence-corrected chi connectivity index (χ0v) is 12.7. The first kappa shape index (κ1) is 15.0. The molecule has 2 heterocycles. The van der Waals surface area contributed by atoms with E-state index in [1.54, 1.807) is 12.4 Å². The summed E-state index contributed by atoms with van der Waals surface area (Å²) in [7, 11) is 3.96. The molecule has 1 N–H and O–H groups in total. The predicted octanol–water partition coefficient (Wildman–Crippen LogP) is 1.07. The van der Waals surface area contributed by atoms with Crippen LogP contribution < -0.4 is 10.2 Å². The van der Waals surface area contributed by atoms with Gasteiger partial charge in [-0.3, -0.25) is 4.90 Å². The molecule has 0 bridgehead atoms. The van der Waals surface area contributed by atoms with Crippen LogP contribution in [0.3, 0.4) is 0 Å². The molecule has 0 spiro atoms. The minimum atomic E-state index is 0.510. The molecule has 6 nitrogen and oxygen atoms in total. The number of aromatic nitrogens is 2. The van der Waals surface area contributed by atoms with Gasteiger partial charge < -0.3 is 15.0 Å². The average molecular weight is 279 g/mol. The van der Waals surface area contributed by atoms with E-state index in [0.29, 0.717) is 6.04 Å². The molecule has 1 fully saturated rings. The van der Waals surface area contributed by atoms with E-state index in [9.17, 15) is 0 Å². The van der Waals surface area contributed by atoms with Crippen molar-refractivity contribution in [2.24, 2.45) is 0 Å². The summed E-state index contributed by atoms with van der Waals surface area (Å²) >= 11 is 0. The minimum absolute atomic E-state index is 0.510. The summed E-state index contributed by atoms with van der Waals surface area (Å²) < 4.78 is 5.42. The summed E-state index contributed by atoms with van der Waals surface area (Å²) in [5.74, 6) is 1.73. The Kier molecular flexibility index (Phi) is 5.55. The minimum Gasteiger partial charge on any atom is -0.379 e. The molecule has 1 aliphatic rings. The molecule has 0 amide bonds. The Hall–Kier alpha value is -1.40. The molecule has 1 atom stereocenters. The van der Waals surface area contributed by atoms with E-state index in [1.807, 2.05) is 19.0 Å². The third-order valence-corrected chi connectivity index (χ3v) is 3.64. The van der Waals surface area contributed by atoms with Crippen LogP contribution in [0.1, 0.15) is 13.3 Å². The third-order valence-electron chi connectivity index (χ3n) is 3.64. The molecule has 2 rings (SSSR count). The Balaban J connectivity index is 1.95. The lowest BCUT2D eigenvalue weighted by molar-refractivity contribution is 0.0184. The van der Waals surface area contributed by atoms with Crippen LogP contribution in [0.2, 0.25) is 0 Å². The van der Waals surface area contributed by atoms with Crippen LogP contribution in [0.25, 0.3) is 0 Å². The van der Waals surface area contributed by atoms with Gasteiger partial charge in [0.2, 0.25) is 0 Å². The van der Waals surface area contributed by atoms with Gasteiger partial charge in [0, 0.05) is 52.2 Å². The molecule has 0 aromatic carbocycles. The Morgan fingerprint density at radius 2 is 2.00 bits per heavy atom. The van der Waals surface area contributed by atoms with E-state index < -0.39 is 0 Å². The monoisotopic (exact) mass is 279 g/mol. The van der Waals surface area contributed by atoms with Gasteiger partial charge in [-0.25, -0.2) is 9.97 Å². The van der Waals surface area contributed by atoms with Crippen molar-refractivity contribution in [3.05, 3.63) is 12.4 Å². The number of nitrogens with zero attached hydrogens (tertiary/aromatic N) is 4. The highest BCUT2D eigenvalue weighted by Crippen LogP contribution is 2.18. The summed E-state index contributed by atoms with van der Waals surface area (Å²) in [5.41, 5.74) is 0. The molecule has 0 aliphatic carbocycles. The van der Waals surface area contributed by atoms with Crippen LogP contribution in [-0.2, 0) is 4.74 Å². The van der Waals surface area contributed by atoms with Crippen molar-refractivity contribution in [3.63, 3.8) is 0 Å². The quantitative estimate of drug-likeness (QED) is 0.840. The van der Waals surface area contributed by atoms with Gasteiger partial charge >= 0.3 is 0 Å². The molecular formula is C14H25N5O. The van der Waals surface area contributed by atoms with E-state index in [-0.39, 0.29) is 0 Å². The topological polar surface area (TPSA) is 53.5 Å². The Morgan fingerprint density at radius 3 is 2.65 bits per heavy atom. The summed E-state index contributed by atoms with van der Waals surface area (Å²) in [4.78, 5) is 13.2. The first-order valence-corrected chi connectivity index (χ1v) is 7.26. The second-order valence-corrected chi connectivity index (χ2v) is 5.21. The summed E-state index contributed by atoms with van der Waals surface area (Å²) in [6, 6.07) is 0.510. The van der Waals surface area contributed by atoms with Gasteiger partial charge in [0.15, 0.2) is 11.6 Å². The van der Waals surface area contributed by atoms with Gasteiger partial charge in [-0.2, -0.15) is 0 Å². The van der Waals surface area contributed by atoms with Crippen LogP contribution in [0.15, 0.2) is 12.4 Å². The van der Waals surface area contributed by atoms with Gasteiger partial charge in [-0.05, 0) is 6.42 Å². The van der Waals surface area contributed by atoms with Crippen LogP contribution in [-0.4, -0.2) is 67.9 Å². The first-order chi connectivity index (χ1) is 9.72. The molecular weight excluding hydrogens is 254 g/mol. The fourth-order valence-electron chi connectivity index (χ4n) is 2.47. The number of hydrogen-bond donors (Lipinski definition) is 1. The van der Waals surface area contributed by atoms with Gasteiger partial charge in [0.25, 0.3) is 0 Å². The molecule has 112 valence electrons. The molecule has 0 saturated carbocycles. The van der Waals surface area contributed by atoms with Crippen LogP contribution >= 0.6 is 0 Å². The van der Waals surface area contributed by atoms with Crippen LogP contribution in [0.5, 0.6) is 0 Å². The van der Waals surface area contributed by atoms with Crippen molar-refractivity contribution in [2.75, 3.05) is 57.2 Å². The highest BCUT2D eigenvalue weighted by atomic mass is 16.5. The van der Waals surface area contributed by atoms with E-state index >= 15 is 0 Å². The number of anilines is 2. The number of ether oxygens (including phenoxy) is 1. The molecule has 0 radical (unpaired) electrons. The summed E-state index contributed by atoms with van der Waals surface area (Å²) in [5, 5.41) is 3.45. The standard InChI is InChI=1S/C14H25N5O/c1-4-12(19-7-9-20-10-8-19)11-17-13-14(18(2)3)16-6-5-15-13/h5-6,12H,4,7-11H2,1-3H3,(H,15,17). The number of hydrogen-bond acceptors (Lipinski definition) is 6. The Bertz CT molecular complexity index is 406. The third kappa shape index (κ3) is 3.80. The lowest BCUT2D eigenvalue weighted by Gasteiger charge is -2.34. The summed E-state index contributed by atoms with van der Waals surface area (Å²) in [6.45, 7) is 6.82. The van der Waals surface area contributed by atoms with Crippen molar-refractivity contribution >= 4 is 11.6 Å². The second-order valence-electron chi connectivity index (χ2n) is 5.21. The molecule has 1 aromatic heterocycles. The van der Waals surface area contributed by atoms with E-state index in [4.69, 9.17) is 4.74 Å². The number of rotatable bonds is 6. The molecule has 1 aromatic rings. The SMILES string of the molecule is CCC(CNc1nccnc1N(C)C)N1CCOCC1. The maximum absolute atomic E-state index is 5.42. The first-order valence-electron chi connectivity index (χ1n) is 7.26. The van der Waals surface area contributed by atoms with Gasteiger partial charge in [-0.1, -0.05) is 6.92 Å². The Labute approximate surface area is 121 Å². The van der Waals surface area contributed by atoms with Gasteiger partial charge in [0.05, 0.1) is 13.2 Å². The Morgan fingerprint density at radius 1 is 1.30 bits per heavy atom. The average Bonchev–Trinajstić information content (AvgIpc) is 2.49. The molecule has 1 saturated heterocycles. The van der Waals surface area contributed by atoms with Crippen molar-refractivity contribution < 1.29 is 4.74 Å². The van der Waals surface area contributed by atoms with E-state index in [1.165, 1.54) is 0 Å². The smallest absolute Gasteiger partial charge is 0.171 e. The molecule has 20 heavy (non-hydrogen) atoms. The van der Waals surface area contributed by atoms with Crippen molar-refractivity contribution in [2.45, 2.75) is 19.4 Å². The van der Waals surface area contributed by atoms with Gasteiger partial charge in [0.1, 0.15) is 0 Å². The summed E-state index contributed by atoms with van der Waals surface area (Å²) in [6.07, 6.45) is 4.56. The lowest BCUT2D eigenvalue weighted by atomic mass is 10.1. The fourth-order valence-corrected chi connectivity index (χ4v) is 2.47. The fraction of sp³-hybridized carbons (Fsp3) is 0.714. The van der Waals surface area contributed by atoms with Crippen molar-refractivity contribution in [3.8, 4) is 0 Å². The van der Waals surface area contributed by atoms with Crippen LogP contribution in [0, 0.1) is 0 Å². The predicted molar refractivity (Wildman–Crippen MR) is 81.3 cm³/mol. The number of morpholine rings is 1. The zero-order chi connectivity index (χ0) is 14.4. The van der Waals surface area contributed by atoms with Gasteiger partial charge in [-0.15, -0.1) is 0 Å². The maximum atomic E-state index is 5.42. The lowest BCUT2D eigenvalue weighted by Crippen LogP contribution is -2.46. The number of nitrogens with one attached hydrogen (secondary N) is 1. The zero-order valence-electron chi connectivity index (χ0n) is 12.7. The van der Waals surface area contributed by atoms with Crippen molar-refractivity contribution in [1.29, 1.82) is 0 Å². The van der Waals surface area contributed by atoms with Crippen LogP contribution in [0.4, 0.5) is 11.6 Å². The molecule has 1 unspecified atom stereocenters. The molecule has 6 heteroatoms. The largest absolute Gasteiger partial charge is 0.379 e. The van der Waals surface area contributed by atoms with E-state index in [2.05, 4.69) is 27.1 Å². The maximum Gasteiger partial charge on any atom is 0.171 e. The van der Waals surface area contributed by atoms with Crippen molar-refractivity contribution in [1.82, 2.24) is 14.9 Å². The second kappa shape index (κ2) is 7.40. The van der Waals surface area contributed by atoms with E-state index in [0.717, 1.165) is 50.9 Å². The highest BCUT2D eigenvalue weighted by Gasteiger charge is 2.19. The molecule has 1 aliphatic heterocycles.